The summed E-state index contributed by atoms with van der Waals surface area (Å²) in [5.41, 5.74) is 5.40. The molecule has 8 heteroatoms. The first-order valence-corrected chi connectivity index (χ1v) is 9.94. The van der Waals surface area contributed by atoms with Crippen LogP contribution in [0.15, 0.2) is 89.9 Å². The van der Waals surface area contributed by atoms with Crippen LogP contribution in [0.2, 0.25) is 10.0 Å². The second kappa shape index (κ2) is 10.1. The van der Waals surface area contributed by atoms with Gasteiger partial charge in [0.25, 0.3) is 11.5 Å². The van der Waals surface area contributed by atoms with Gasteiger partial charge in [-0.15, -0.1) is 0 Å². The van der Waals surface area contributed by atoms with Crippen LogP contribution in [0.5, 0.6) is 0 Å². The average molecular weight is 458 g/mol. The first-order valence-electron chi connectivity index (χ1n) is 9.19. The van der Waals surface area contributed by atoms with Crippen LogP contribution in [-0.2, 0) is 6.54 Å². The summed E-state index contributed by atoms with van der Waals surface area (Å²) < 4.78 is 16.1. The fourth-order valence-corrected chi connectivity index (χ4v) is 3.37. The van der Waals surface area contributed by atoms with Crippen molar-refractivity contribution < 1.29 is 9.18 Å². The summed E-state index contributed by atoms with van der Waals surface area (Å²) >= 11 is 12.1. The van der Waals surface area contributed by atoms with Crippen LogP contribution in [0.4, 0.5) is 4.39 Å². The Morgan fingerprint density at radius 1 is 0.935 bits per heavy atom. The molecule has 0 aliphatic heterocycles. The molecule has 158 valence electrons. The van der Waals surface area contributed by atoms with E-state index < -0.39 is 17.3 Å². The quantitative estimate of drug-likeness (QED) is 0.472. The van der Waals surface area contributed by atoms with Crippen molar-refractivity contribution >= 4 is 29.1 Å². The van der Waals surface area contributed by atoms with E-state index in [1.165, 1.54) is 33.8 Å². The van der Waals surface area contributed by atoms with Gasteiger partial charge in [0.1, 0.15) is 11.4 Å². The van der Waals surface area contributed by atoms with Gasteiger partial charge < -0.3 is 5.73 Å². The number of aromatic nitrogens is 2. The van der Waals surface area contributed by atoms with Gasteiger partial charge in [-0.3, -0.25) is 14.3 Å². The Morgan fingerprint density at radius 2 is 1.58 bits per heavy atom. The Labute approximate surface area is 188 Å². The Hall–Kier alpha value is -3.35. The molecule has 4 rings (SSSR count). The van der Waals surface area contributed by atoms with E-state index in [0.29, 0.717) is 16.3 Å². The molecule has 0 atom stereocenters. The van der Waals surface area contributed by atoms with E-state index in [1.807, 2.05) is 36.4 Å². The van der Waals surface area contributed by atoms with E-state index in [-0.39, 0.29) is 17.1 Å². The second-order valence-corrected chi connectivity index (χ2v) is 7.35. The number of hydrogen-bond donors (Lipinski definition) is 1. The third kappa shape index (κ3) is 5.63. The van der Waals surface area contributed by atoms with E-state index in [1.54, 1.807) is 24.3 Å². The first kappa shape index (κ1) is 22.3. The predicted molar refractivity (Wildman–Crippen MR) is 121 cm³/mol. The second-order valence-electron chi connectivity index (χ2n) is 6.50. The summed E-state index contributed by atoms with van der Waals surface area (Å²) in [5, 5.41) is 0.629. The number of nitrogens with zero attached hydrogens (tertiary/aromatic N) is 2. The highest BCUT2D eigenvalue weighted by Gasteiger charge is 2.19. The van der Waals surface area contributed by atoms with Crippen LogP contribution in [0.3, 0.4) is 0 Å². The minimum atomic E-state index is -0.859. The smallest absolute Gasteiger partial charge is 0.284 e. The van der Waals surface area contributed by atoms with Crippen molar-refractivity contribution in [2.24, 2.45) is 5.73 Å². The molecule has 4 aromatic rings. The number of carbonyl (C=O) groups is 1. The van der Waals surface area contributed by atoms with Gasteiger partial charge >= 0.3 is 0 Å². The number of carbonyl (C=O) groups excluding carboxylic acids is 1. The Morgan fingerprint density at radius 3 is 2.13 bits per heavy atom. The summed E-state index contributed by atoms with van der Waals surface area (Å²) in [6.45, 7) is 0.138. The molecule has 2 N–H and O–H groups in total. The third-order valence-electron chi connectivity index (χ3n) is 4.26. The highest BCUT2D eigenvalue weighted by atomic mass is 35.5. The SMILES string of the molecule is NC(=O)c1cn(Cc2cccc(F)c2)n(-c2ccc(Cl)cc2Cl)c1=O.c1ccccc1. The van der Waals surface area contributed by atoms with Gasteiger partial charge in [0.2, 0.25) is 0 Å². The summed E-state index contributed by atoms with van der Waals surface area (Å²) in [5.74, 6) is -1.26. The molecule has 0 unspecified atom stereocenters. The van der Waals surface area contributed by atoms with Gasteiger partial charge in [0.05, 0.1) is 17.3 Å². The number of nitrogens with two attached hydrogens (primary N) is 1. The highest BCUT2D eigenvalue weighted by Crippen LogP contribution is 2.24. The number of hydrogen-bond acceptors (Lipinski definition) is 2. The minimum absolute atomic E-state index is 0.138. The Kier molecular flexibility index (Phi) is 7.28. The van der Waals surface area contributed by atoms with Gasteiger partial charge in [-0.2, -0.15) is 0 Å². The predicted octanol–water partition coefficient (Wildman–Crippen LogP) is 4.92. The number of amides is 1. The van der Waals surface area contributed by atoms with Crippen LogP contribution < -0.4 is 11.3 Å². The van der Waals surface area contributed by atoms with Crippen LogP contribution in [0, 0.1) is 5.82 Å². The summed E-state index contributed by atoms with van der Waals surface area (Å²) in [7, 11) is 0. The standard InChI is InChI=1S/C17H12Cl2FN3O2.C6H6/c18-11-4-5-15(14(19)7-11)23-17(25)13(16(21)24)9-22(23)8-10-2-1-3-12(20)6-10;1-2-4-6-5-3-1/h1-7,9H,8H2,(H2,21,24);1-6H. The molecular formula is C23H18Cl2FN3O2. The van der Waals surface area contributed by atoms with E-state index in [0.717, 1.165) is 0 Å². The molecule has 0 fully saturated rings. The Bertz CT molecular complexity index is 1230. The molecule has 1 aromatic heterocycles. The van der Waals surface area contributed by atoms with Crippen molar-refractivity contribution in [1.82, 2.24) is 9.36 Å². The van der Waals surface area contributed by atoms with Crippen molar-refractivity contribution in [3.63, 3.8) is 0 Å². The van der Waals surface area contributed by atoms with Gasteiger partial charge in [0.15, 0.2) is 0 Å². The zero-order chi connectivity index (χ0) is 22.4. The largest absolute Gasteiger partial charge is 0.365 e. The number of rotatable bonds is 4. The lowest BCUT2D eigenvalue weighted by molar-refractivity contribution is 0.0999. The van der Waals surface area contributed by atoms with Gasteiger partial charge in [-0.05, 0) is 35.9 Å². The maximum atomic E-state index is 13.4. The van der Waals surface area contributed by atoms with Crippen molar-refractivity contribution in [3.8, 4) is 5.69 Å². The zero-order valence-corrected chi connectivity index (χ0v) is 17.7. The molecule has 0 radical (unpaired) electrons. The van der Waals surface area contributed by atoms with Crippen molar-refractivity contribution in [3.05, 3.63) is 122 Å². The fraction of sp³-hybridized carbons (Fsp3) is 0.0435. The molecule has 0 spiro atoms. The molecule has 3 aromatic carbocycles. The zero-order valence-electron chi connectivity index (χ0n) is 16.2. The molecule has 31 heavy (non-hydrogen) atoms. The van der Waals surface area contributed by atoms with E-state index in [9.17, 15) is 14.0 Å². The molecule has 0 aliphatic rings. The summed E-state index contributed by atoms with van der Waals surface area (Å²) in [6, 6.07) is 22.5. The minimum Gasteiger partial charge on any atom is -0.365 e. The number of halogens is 3. The monoisotopic (exact) mass is 457 g/mol. The van der Waals surface area contributed by atoms with Gasteiger partial charge in [-0.25, -0.2) is 9.07 Å². The van der Waals surface area contributed by atoms with Gasteiger partial charge in [0, 0.05) is 11.2 Å². The molecule has 1 heterocycles. The van der Waals surface area contributed by atoms with Crippen LogP contribution >= 0.6 is 23.2 Å². The Balaban J connectivity index is 0.000000391. The summed E-state index contributed by atoms with van der Waals surface area (Å²) in [6.07, 6.45) is 1.32. The molecule has 0 bridgehead atoms. The maximum Gasteiger partial charge on any atom is 0.284 e. The fourth-order valence-electron chi connectivity index (χ4n) is 2.89. The highest BCUT2D eigenvalue weighted by molar-refractivity contribution is 6.35. The average Bonchev–Trinajstić information content (AvgIpc) is 3.06. The third-order valence-corrected chi connectivity index (χ3v) is 4.80. The maximum absolute atomic E-state index is 13.4. The normalized spacial score (nSPS) is 10.3. The van der Waals surface area contributed by atoms with Crippen molar-refractivity contribution in [2.75, 3.05) is 0 Å². The lowest BCUT2D eigenvalue weighted by atomic mass is 10.2. The van der Waals surface area contributed by atoms with Crippen LogP contribution in [0.1, 0.15) is 15.9 Å². The molecule has 0 saturated heterocycles. The molecule has 5 nitrogen and oxygen atoms in total. The molecular weight excluding hydrogens is 440 g/mol. The van der Waals surface area contributed by atoms with E-state index in [2.05, 4.69) is 0 Å². The first-order chi connectivity index (χ1) is 14.9. The molecule has 1 amide bonds. The van der Waals surface area contributed by atoms with Crippen LogP contribution in [0.25, 0.3) is 5.69 Å². The van der Waals surface area contributed by atoms with E-state index in [4.69, 9.17) is 28.9 Å². The van der Waals surface area contributed by atoms with Crippen molar-refractivity contribution in [2.45, 2.75) is 6.54 Å². The molecule has 0 aliphatic carbocycles. The molecule has 0 saturated carbocycles. The topological polar surface area (TPSA) is 70.0 Å². The number of primary amides is 1. The van der Waals surface area contributed by atoms with Crippen LogP contribution in [-0.4, -0.2) is 15.3 Å². The lowest BCUT2D eigenvalue weighted by Gasteiger charge is -2.13. The van der Waals surface area contributed by atoms with Gasteiger partial charge in [-0.1, -0.05) is 71.7 Å². The lowest BCUT2D eigenvalue weighted by Crippen LogP contribution is -2.26. The summed E-state index contributed by atoms with van der Waals surface area (Å²) in [4.78, 5) is 24.1. The number of benzene rings is 3. The van der Waals surface area contributed by atoms with Crippen molar-refractivity contribution in [1.29, 1.82) is 0 Å². The van der Waals surface area contributed by atoms with E-state index >= 15 is 0 Å².